The minimum absolute atomic E-state index is 0.0187. The molecule has 3 atom stereocenters. The van der Waals surface area contributed by atoms with E-state index in [2.05, 4.69) is 0 Å². The van der Waals surface area contributed by atoms with Gasteiger partial charge < -0.3 is 5.11 Å². The van der Waals surface area contributed by atoms with E-state index in [1.807, 2.05) is 11.8 Å². The Bertz CT molecular complexity index is 218. The van der Waals surface area contributed by atoms with Gasteiger partial charge in [0.2, 0.25) is 0 Å². The van der Waals surface area contributed by atoms with E-state index < -0.39 is 18.2 Å². The summed E-state index contributed by atoms with van der Waals surface area (Å²) in [6, 6.07) is 0.0187. The van der Waals surface area contributed by atoms with Crippen LogP contribution in [0, 0.1) is 5.92 Å². The molecule has 1 aliphatic rings. The third-order valence-corrected chi connectivity index (χ3v) is 3.22. The molecule has 0 bridgehead atoms. The van der Waals surface area contributed by atoms with Crippen molar-refractivity contribution in [3.8, 4) is 0 Å². The number of hydrogen-bond donors (Lipinski definition) is 1. The van der Waals surface area contributed by atoms with Crippen molar-refractivity contribution in [1.29, 1.82) is 0 Å². The summed E-state index contributed by atoms with van der Waals surface area (Å²) >= 11 is 0. The van der Waals surface area contributed by atoms with Crippen LogP contribution in [-0.2, 0) is 0 Å². The number of aliphatic hydroxyl groups is 1. The van der Waals surface area contributed by atoms with Gasteiger partial charge in [-0.25, -0.2) is 0 Å². The maximum atomic E-state index is 12.6. The van der Waals surface area contributed by atoms with Crippen LogP contribution in [-0.4, -0.2) is 41.4 Å². The molecule has 1 heterocycles. The maximum Gasteiger partial charge on any atom is 0.393 e. The highest BCUT2D eigenvalue weighted by molar-refractivity contribution is 4.81. The minimum atomic E-state index is -4.08. The first-order valence-electron chi connectivity index (χ1n) is 5.79. The van der Waals surface area contributed by atoms with Crippen molar-refractivity contribution in [3.63, 3.8) is 0 Å². The van der Waals surface area contributed by atoms with Gasteiger partial charge in [0.1, 0.15) is 0 Å². The smallest absolute Gasteiger partial charge is 0.393 e. The summed E-state index contributed by atoms with van der Waals surface area (Å²) in [5, 5.41) is 9.23. The Labute approximate surface area is 94.4 Å². The van der Waals surface area contributed by atoms with Crippen LogP contribution in [0.3, 0.4) is 0 Å². The molecule has 5 heteroatoms. The largest absolute Gasteiger partial charge is 0.393 e. The summed E-state index contributed by atoms with van der Waals surface area (Å²) in [4.78, 5) is 1.84. The van der Waals surface area contributed by atoms with Gasteiger partial charge in [0, 0.05) is 12.6 Å². The Balaban J connectivity index is 2.50. The first-order valence-corrected chi connectivity index (χ1v) is 5.79. The minimum Gasteiger partial charge on any atom is -0.393 e. The standard InChI is InChI=1S/C11H20F3NO/c1-8(6-9(2)16)15-5-3-4-10(7-15)11(12,13)14/h8-10,16H,3-7H2,1-2H3. The van der Waals surface area contributed by atoms with Crippen molar-refractivity contribution in [2.24, 2.45) is 5.92 Å². The average molecular weight is 239 g/mol. The quantitative estimate of drug-likeness (QED) is 0.817. The van der Waals surface area contributed by atoms with Gasteiger partial charge in [-0.2, -0.15) is 13.2 Å². The van der Waals surface area contributed by atoms with E-state index in [0.717, 1.165) is 0 Å². The van der Waals surface area contributed by atoms with Crippen LogP contribution in [0.15, 0.2) is 0 Å². The van der Waals surface area contributed by atoms with E-state index in [0.29, 0.717) is 19.4 Å². The summed E-state index contributed by atoms with van der Waals surface area (Å²) in [7, 11) is 0. The van der Waals surface area contributed by atoms with Gasteiger partial charge >= 0.3 is 6.18 Å². The van der Waals surface area contributed by atoms with Gasteiger partial charge in [-0.15, -0.1) is 0 Å². The van der Waals surface area contributed by atoms with Gasteiger partial charge in [0.05, 0.1) is 12.0 Å². The topological polar surface area (TPSA) is 23.5 Å². The normalized spacial score (nSPS) is 27.8. The number of hydrogen-bond acceptors (Lipinski definition) is 2. The monoisotopic (exact) mass is 239 g/mol. The lowest BCUT2D eigenvalue weighted by atomic mass is 9.95. The fourth-order valence-corrected chi connectivity index (χ4v) is 2.32. The SMILES string of the molecule is CC(O)CC(C)N1CCCC(C(F)(F)F)C1. The van der Waals surface area contributed by atoms with E-state index in [1.165, 1.54) is 0 Å². The Kier molecular flexibility index (Phi) is 4.62. The molecule has 0 spiro atoms. The van der Waals surface area contributed by atoms with Crippen LogP contribution < -0.4 is 0 Å². The molecule has 16 heavy (non-hydrogen) atoms. The zero-order chi connectivity index (χ0) is 12.3. The Morgan fingerprint density at radius 2 is 2.00 bits per heavy atom. The number of nitrogens with zero attached hydrogens (tertiary/aromatic N) is 1. The van der Waals surface area contributed by atoms with Gasteiger partial charge in [-0.05, 0) is 39.7 Å². The van der Waals surface area contributed by atoms with Gasteiger partial charge in [-0.1, -0.05) is 0 Å². The van der Waals surface area contributed by atoms with Crippen LogP contribution in [0.25, 0.3) is 0 Å². The van der Waals surface area contributed by atoms with Crippen molar-refractivity contribution >= 4 is 0 Å². The van der Waals surface area contributed by atoms with E-state index in [4.69, 9.17) is 0 Å². The molecule has 1 aliphatic heterocycles. The molecule has 0 radical (unpaired) electrons. The molecule has 96 valence electrons. The highest BCUT2D eigenvalue weighted by Gasteiger charge is 2.42. The third-order valence-electron chi connectivity index (χ3n) is 3.22. The lowest BCUT2D eigenvalue weighted by Gasteiger charge is -2.37. The van der Waals surface area contributed by atoms with E-state index >= 15 is 0 Å². The Morgan fingerprint density at radius 1 is 1.38 bits per heavy atom. The molecule has 3 unspecified atom stereocenters. The Hall–Kier alpha value is -0.290. The second-order valence-corrected chi connectivity index (χ2v) is 4.81. The van der Waals surface area contributed by atoms with Crippen molar-refractivity contribution in [2.45, 2.75) is 51.4 Å². The lowest BCUT2D eigenvalue weighted by Crippen LogP contribution is -2.46. The molecule has 0 aromatic carbocycles. The Morgan fingerprint density at radius 3 is 2.50 bits per heavy atom. The van der Waals surface area contributed by atoms with Gasteiger partial charge in [0.25, 0.3) is 0 Å². The zero-order valence-electron chi connectivity index (χ0n) is 9.80. The first kappa shape index (κ1) is 13.8. The first-order chi connectivity index (χ1) is 7.30. The number of halogens is 3. The molecular weight excluding hydrogens is 219 g/mol. The molecule has 1 rings (SSSR count). The second kappa shape index (κ2) is 5.36. The highest BCUT2D eigenvalue weighted by atomic mass is 19.4. The average Bonchev–Trinajstić information content (AvgIpc) is 2.15. The summed E-state index contributed by atoms with van der Waals surface area (Å²) in [5.74, 6) is -1.20. The number of likely N-dealkylation sites (tertiary alicyclic amines) is 1. The number of piperidine rings is 1. The van der Waals surface area contributed by atoms with Gasteiger partial charge in [-0.3, -0.25) is 4.90 Å². The fourth-order valence-electron chi connectivity index (χ4n) is 2.32. The molecule has 1 N–H and O–H groups in total. The molecule has 0 aromatic rings. The molecule has 2 nitrogen and oxygen atoms in total. The summed E-state index contributed by atoms with van der Waals surface area (Å²) in [6.45, 7) is 4.34. The van der Waals surface area contributed by atoms with Crippen LogP contribution in [0.4, 0.5) is 13.2 Å². The van der Waals surface area contributed by atoms with E-state index in [1.54, 1.807) is 6.92 Å². The van der Waals surface area contributed by atoms with Gasteiger partial charge in [0.15, 0.2) is 0 Å². The number of rotatable bonds is 3. The number of aliphatic hydroxyl groups excluding tert-OH is 1. The number of alkyl halides is 3. The molecule has 0 aromatic heterocycles. The van der Waals surface area contributed by atoms with Crippen LogP contribution >= 0.6 is 0 Å². The molecular formula is C11H20F3NO. The maximum absolute atomic E-state index is 12.6. The molecule has 1 saturated heterocycles. The van der Waals surface area contributed by atoms with E-state index in [-0.39, 0.29) is 19.0 Å². The molecule has 1 fully saturated rings. The lowest BCUT2D eigenvalue weighted by molar-refractivity contribution is -0.188. The van der Waals surface area contributed by atoms with Crippen molar-refractivity contribution in [2.75, 3.05) is 13.1 Å². The van der Waals surface area contributed by atoms with Crippen molar-refractivity contribution < 1.29 is 18.3 Å². The molecule has 0 saturated carbocycles. The molecule has 0 aliphatic carbocycles. The summed E-state index contributed by atoms with van der Waals surface area (Å²) in [5.41, 5.74) is 0. The fraction of sp³-hybridized carbons (Fsp3) is 1.00. The molecule has 0 amide bonds. The predicted octanol–water partition coefficient (Wildman–Crippen LogP) is 2.42. The highest BCUT2D eigenvalue weighted by Crippen LogP contribution is 2.33. The summed E-state index contributed by atoms with van der Waals surface area (Å²) < 4.78 is 37.7. The van der Waals surface area contributed by atoms with E-state index in [9.17, 15) is 18.3 Å². The van der Waals surface area contributed by atoms with Crippen LogP contribution in [0.5, 0.6) is 0 Å². The van der Waals surface area contributed by atoms with Crippen LogP contribution in [0.1, 0.15) is 33.1 Å². The third kappa shape index (κ3) is 3.94. The second-order valence-electron chi connectivity index (χ2n) is 4.81. The summed E-state index contributed by atoms with van der Waals surface area (Å²) in [6.07, 6.45) is -3.18. The predicted molar refractivity (Wildman–Crippen MR) is 56.1 cm³/mol. The van der Waals surface area contributed by atoms with Crippen molar-refractivity contribution in [1.82, 2.24) is 4.90 Å². The van der Waals surface area contributed by atoms with Crippen molar-refractivity contribution in [3.05, 3.63) is 0 Å². The van der Waals surface area contributed by atoms with Crippen LogP contribution in [0.2, 0.25) is 0 Å². The zero-order valence-corrected chi connectivity index (χ0v) is 9.80.